The number of aromatic nitrogens is 3. The van der Waals surface area contributed by atoms with Gasteiger partial charge in [-0.25, -0.2) is 0 Å². The first-order valence-electron chi connectivity index (χ1n) is 5.58. The maximum absolute atomic E-state index is 4.35. The number of nitrogens with zero attached hydrogens (tertiary/aromatic N) is 3. The predicted octanol–water partition coefficient (Wildman–Crippen LogP) is 1.53. The summed E-state index contributed by atoms with van der Waals surface area (Å²) in [6.45, 7) is 3.35. The summed E-state index contributed by atoms with van der Waals surface area (Å²) in [5.41, 5.74) is 0. The van der Waals surface area contributed by atoms with E-state index in [0.717, 1.165) is 26.1 Å². The maximum Gasteiger partial charge on any atom is 0.137 e. The van der Waals surface area contributed by atoms with Crippen LogP contribution in [-0.4, -0.2) is 27.9 Å². The number of halogens is 2. The van der Waals surface area contributed by atoms with Crippen molar-refractivity contribution in [3.63, 3.8) is 0 Å². The molecule has 16 heavy (non-hydrogen) atoms. The maximum atomic E-state index is 4.35. The van der Waals surface area contributed by atoms with Crippen molar-refractivity contribution in [2.45, 2.75) is 38.1 Å². The molecule has 0 saturated carbocycles. The van der Waals surface area contributed by atoms with Crippen molar-refractivity contribution in [1.82, 2.24) is 20.1 Å². The molecule has 1 fully saturated rings. The van der Waals surface area contributed by atoms with Crippen molar-refractivity contribution in [3.8, 4) is 0 Å². The summed E-state index contributed by atoms with van der Waals surface area (Å²) in [6.07, 6.45) is 4.91. The minimum Gasteiger partial charge on any atom is -0.316 e. The van der Waals surface area contributed by atoms with Crippen LogP contribution in [0.25, 0.3) is 0 Å². The lowest BCUT2D eigenvalue weighted by Crippen LogP contribution is -2.17. The van der Waals surface area contributed by atoms with Gasteiger partial charge in [-0.3, -0.25) is 0 Å². The van der Waals surface area contributed by atoms with Crippen LogP contribution in [0.5, 0.6) is 0 Å². The first kappa shape index (κ1) is 13.7. The Morgan fingerprint density at radius 3 is 2.81 bits per heavy atom. The van der Waals surface area contributed by atoms with Crippen LogP contribution in [0.2, 0.25) is 0 Å². The zero-order chi connectivity index (χ0) is 9.38. The summed E-state index contributed by atoms with van der Waals surface area (Å²) in [7, 11) is 0. The predicted molar refractivity (Wildman–Crippen MR) is 67.7 cm³/mol. The summed E-state index contributed by atoms with van der Waals surface area (Å²) in [5, 5.41) is 12.0. The normalized spacial score (nSPS) is 23.1. The Hall–Kier alpha value is -0.320. The Morgan fingerprint density at radius 1 is 1.19 bits per heavy atom. The molecule has 1 aromatic rings. The Morgan fingerprint density at radius 2 is 2.06 bits per heavy atom. The monoisotopic (exact) mass is 264 g/mol. The van der Waals surface area contributed by atoms with Gasteiger partial charge >= 0.3 is 0 Å². The van der Waals surface area contributed by atoms with Crippen molar-refractivity contribution in [3.05, 3.63) is 11.6 Å². The van der Waals surface area contributed by atoms with Crippen molar-refractivity contribution in [2.75, 3.05) is 13.1 Å². The van der Waals surface area contributed by atoms with Gasteiger partial charge < -0.3 is 9.88 Å². The number of fused-ring (bicyclic) bond motifs is 1. The van der Waals surface area contributed by atoms with Crippen LogP contribution in [0.1, 0.15) is 36.8 Å². The summed E-state index contributed by atoms with van der Waals surface area (Å²) < 4.78 is 2.35. The smallest absolute Gasteiger partial charge is 0.137 e. The average molecular weight is 265 g/mol. The van der Waals surface area contributed by atoms with E-state index in [0.29, 0.717) is 5.92 Å². The Labute approximate surface area is 108 Å². The van der Waals surface area contributed by atoms with E-state index < -0.39 is 0 Å². The summed E-state index contributed by atoms with van der Waals surface area (Å²) in [5.74, 6) is 3.04. The molecule has 2 aliphatic rings. The van der Waals surface area contributed by atoms with E-state index in [9.17, 15) is 0 Å². The quantitative estimate of drug-likeness (QED) is 0.837. The molecule has 3 rings (SSSR count). The molecule has 1 aromatic heterocycles. The lowest BCUT2D eigenvalue weighted by atomic mass is 10.1. The molecule has 6 heteroatoms. The number of nitrogens with one attached hydrogen (secondary N) is 1. The molecular weight excluding hydrogens is 247 g/mol. The first-order valence-corrected chi connectivity index (χ1v) is 5.58. The highest BCUT2D eigenvalue weighted by Gasteiger charge is 2.25. The van der Waals surface area contributed by atoms with E-state index in [1.807, 2.05) is 0 Å². The third-order valence-electron chi connectivity index (χ3n) is 3.31. The van der Waals surface area contributed by atoms with E-state index in [1.54, 1.807) is 0 Å². The molecule has 0 aromatic carbocycles. The van der Waals surface area contributed by atoms with Crippen LogP contribution < -0.4 is 5.32 Å². The molecule has 0 spiro atoms. The van der Waals surface area contributed by atoms with Crippen molar-refractivity contribution in [2.24, 2.45) is 0 Å². The molecule has 0 radical (unpaired) electrons. The Balaban J connectivity index is 0.000000640. The molecule has 1 N–H and O–H groups in total. The Bertz CT molecular complexity index is 334. The fourth-order valence-corrected chi connectivity index (χ4v) is 2.51. The lowest BCUT2D eigenvalue weighted by Gasteiger charge is -2.16. The van der Waals surface area contributed by atoms with Crippen LogP contribution in [-0.2, 0) is 13.0 Å². The molecule has 3 heterocycles. The molecule has 1 unspecified atom stereocenters. The fourth-order valence-electron chi connectivity index (χ4n) is 2.51. The van der Waals surface area contributed by atoms with Crippen molar-refractivity contribution >= 4 is 24.8 Å². The third-order valence-corrected chi connectivity index (χ3v) is 3.31. The number of aryl methyl sites for hydroxylation is 1. The third kappa shape index (κ3) is 2.34. The van der Waals surface area contributed by atoms with E-state index in [-0.39, 0.29) is 24.8 Å². The van der Waals surface area contributed by atoms with Gasteiger partial charge in [0.1, 0.15) is 11.6 Å². The highest BCUT2D eigenvalue weighted by Crippen LogP contribution is 2.24. The number of hydrogen-bond acceptors (Lipinski definition) is 3. The van der Waals surface area contributed by atoms with Gasteiger partial charge in [-0.05, 0) is 25.8 Å². The minimum absolute atomic E-state index is 0. The van der Waals surface area contributed by atoms with Crippen LogP contribution in [0.4, 0.5) is 0 Å². The van der Waals surface area contributed by atoms with Gasteiger partial charge in [-0.2, -0.15) is 0 Å². The van der Waals surface area contributed by atoms with Gasteiger partial charge in [0.15, 0.2) is 0 Å². The fraction of sp³-hybridized carbons (Fsp3) is 0.800. The number of hydrogen-bond donors (Lipinski definition) is 1. The molecule has 92 valence electrons. The second-order valence-electron chi connectivity index (χ2n) is 4.27. The average Bonchev–Trinajstić information content (AvgIpc) is 2.85. The topological polar surface area (TPSA) is 42.7 Å². The molecule has 0 aliphatic carbocycles. The molecular formula is C10H18Cl2N4. The van der Waals surface area contributed by atoms with Crippen molar-refractivity contribution < 1.29 is 0 Å². The van der Waals surface area contributed by atoms with Crippen LogP contribution in [0.3, 0.4) is 0 Å². The van der Waals surface area contributed by atoms with Crippen LogP contribution >= 0.6 is 24.8 Å². The van der Waals surface area contributed by atoms with Gasteiger partial charge in [0.05, 0.1) is 0 Å². The van der Waals surface area contributed by atoms with Crippen LogP contribution in [0.15, 0.2) is 0 Å². The first-order chi connectivity index (χ1) is 6.95. The van der Waals surface area contributed by atoms with E-state index in [4.69, 9.17) is 0 Å². The van der Waals surface area contributed by atoms with Crippen LogP contribution in [0, 0.1) is 0 Å². The highest BCUT2D eigenvalue weighted by atomic mass is 35.5. The number of rotatable bonds is 1. The highest BCUT2D eigenvalue weighted by molar-refractivity contribution is 5.85. The Kier molecular flexibility index (Phi) is 5.02. The minimum atomic E-state index is 0. The molecule has 1 atom stereocenters. The van der Waals surface area contributed by atoms with Gasteiger partial charge in [0.25, 0.3) is 0 Å². The molecule has 4 nitrogen and oxygen atoms in total. The van der Waals surface area contributed by atoms with Gasteiger partial charge in [-0.15, -0.1) is 35.0 Å². The summed E-state index contributed by atoms with van der Waals surface area (Å²) in [4.78, 5) is 0. The van der Waals surface area contributed by atoms with E-state index in [2.05, 4.69) is 20.1 Å². The van der Waals surface area contributed by atoms with Gasteiger partial charge in [0.2, 0.25) is 0 Å². The largest absolute Gasteiger partial charge is 0.316 e. The molecule has 0 bridgehead atoms. The summed E-state index contributed by atoms with van der Waals surface area (Å²) >= 11 is 0. The zero-order valence-electron chi connectivity index (χ0n) is 9.19. The summed E-state index contributed by atoms with van der Waals surface area (Å²) in [6, 6.07) is 0. The van der Waals surface area contributed by atoms with Crippen molar-refractivity contribution in [1.29, 1.82) is 0 Å². The lowest BCUT2D eigenvalue weighted by molar-refractivity contribution is 0.494. The SMILES string of the molecule is C1CCn2c(nnc2C2CCNC2)C1.Cl.Cl. The molecule has 0 amide bonds. The zero-order valence-corrected chi connectivity index (χ0v) is 10.8. The van der Waals surface area contributed by atoms with E-state index in [1.165, 1.54) is 30.9 Å². The van der Waals surface area contributed by atoms with Gasteiger partial charge in [-0.1, -0.05) is 0 Å². The van der Waals surface area contributed by atoms with E-state index >= 15 is 0 Å². The molecule has 2 aliphatic heterocycles. The molecule has 1 saturated heterocycles. The second-order valence-corrected chi connectivity index (χ2v) is 4.27. The standard InChI is InChI=1S/C10H16N4.2ClH/c1-2-6-14-9(3-1)12-13-10(14)8-4-5-11-7-8;;/h8,11H,1-7H2;2*1H. The van der Waals surface area contributed by atoms with Gasteiger partial charge in [0, 0.05) is 25.4 Å². The second kappa shape index (κ2) is 5.84.